The first-order valence-corrected chi connectivity index (χ1v) is 6.59. The summed E-state index contributed by atoms with van der Waals surface area (Å²) in [6, 6.07) is 0. The van der Waals surface area contributed by atoms with Gasteiger partial charge in [0.25, 0.3) is 0 Å². The van der Waals surface area contributed by atoms with E-state index >= 15 is 0 Å². The second kappa shape index (κ2) is 5.42. The fourth-order valence-corrected chi connectivity index (χ4v) is 2.35. The van der Waals surface area contributed by atoms with E-state index in [1.165, 1.54) is 4.88 Å². The average Bonchev–Trinajstić information content (AvgIpc) is 2.75. The number of rotatable bonds is 4. The Hall–Kier alpha value is -1.20. The predicted octanol–water partition coefficient (Wildman–Crippen LogP) is 2.62. The van der Waals surface area contributed by atoms with Crippen molar-refractivity contribution in [1.29, 1.82) is 0 Å². The molecule has 0 fully saturated rings. The molecule has 17 heavy (non-hydrogen) atoms. The van der Waals surface area contributed by atoms with E-state index in [1.54, 1.807) is 23.7 Å². The Morgan fingerprint density at radius 1 is 1.29 bits per heavy atom. The quantitative estimate of drug-likeness (QED) is 0.800. The first kappa shape index (κ1) is 12.3. The highest BCUT2D eigenvalue weighted by Gasteiger charge is 2.08. The first-order chi connectivity index (χ1) is 8.20. The van der Waals surface area contributed by atoms with Gasteiger partial charge in [0.05, 0.1) is 23.6 Å². The molecule has 0 aliphatic heterocycles. The van der Waals surface area contributed by atoms with Crippen molar-refractivity contribution in [2.45, 2.75) is 19.3 Å². The summed E-state index contributed by atoms with van der Waals surface area (Å²) < 4.78 is 0. The van der Waals surface area contributed by atoms with Gasteiger partial charge in [0.15, 0.2) is 0 Å². The molecular weight excluding hydrogens is 256 g/mol. The molecule has 0 aromatic carbocycles. The lowest BCUT2D eigenvalue weighted by molar-refractivity contribution is 0.866. The molecular formula is C11H13ClN4S. The maximum Gasteiger partial charge on any atom is 0.225 e. The van der Waals surface area contributed by atoms with Gasteiger partial charge in [-0.25, -0.2) is 15.0 Å². The summed E-state index contributed by atoms with van der Waals surface area (Å²) in [4.78, 5) is 16.0. The third-order valence-electron chi connectivity index (χ3n) is 2.41. The molecule has 2 aromatic rings. The number of aromatic nitrogens is 3. The van der Waals surface area contributed by atoms with Gasteiger partial charge in [-0.3, -0.25) is 0 Å². The Labute approximate surface area is 109 Å². The van der Waals surface area contributed by atoms with Crippen LogP contribution in [0.5, 0.6) is 0 Å². The molecule has 0 aliphatic carbocycles. The largest absolute Gasteiger partial charge is 0.339 e. The number of aryl methyl sites for hydroxylation is 1. The normalized spacial score (nSPS) is 10.5. The van der Waals surface area contributed by atoms with Crippen molar-refractivity contribution in [3.8, 4) is 0 Å². The first-order valence-electron chi connectivity index (χ1n) is 5.17. The van der Waals surface area contributed by atoms with Crippen molar-refractivity contribution < 1.29 is 0 Å². The molecule has 0 radical (unpaired) electrons. The molecule has 0 amide bonds. The highest BCUT2D eigenvalue weighted by Crippen LogP contribution is 2.16. The maximum absolute atomic E-state index is 5.69. The van der Waals surface area contributed by atoms with E-state index in [0.29, 0.717) is 11.8 Å². The van der Waals surface area contributed by atoms with Crippen LogP contribution in [0.4, 0.5) is 5.95 Å². The molecule has 0 unspecified atom stereocenters. The number of thiazole rings is 1. The van der Waals surface area contributed by atoms with Crippen LogP contribution < -0.4 is 4.90 Å². The molecule has 0 atom stereocenters. The summed E-state index contributed by atoms with van der Waals surface area (Å²) in [5, 5.41) is 0. The second-order valence-corrected chi connectivity index (χ2v) is 4.95. The zero-order valence-electron chi connectivity index (χ0n) is 9.72. The lowest BCUT2D eigenvalue weighted by Gasteiger charge is -2.16. The van der Waals surface area contributed by atoms with Crippen LogP contribution in [0, 0.1) is 6.92 Å². The molecule has 4 nitrogen and oxygen atoms in total. The second-order valence-electron chi connectivity index (χ2n) is 3.74. The Bertz CT molecular complexity index is 482. The van der Waals surface area contributed by atoms with Gasteiger partial charge < -0.3 is 4.90 Å². The number of anilines is 1. The topological polar surface area (TPSA) is 41.9 Å². The molecule has 0 saturated carbocycles. The zero-order valence-corrected chi connectivity index (χ0v) is 11.3. The molecule has 2 heterocycles. The highest BCUT2D eigenvalue weighted by molar-refractivity contribution is 7.09. The molecule has 0 spiro atoms. The Balaban J connectivity index is 2.09. The lowest BCUT2D eigenvalue weighted by atomic mass is 10.4. The minimum Gasteiger partial charge on any atom is -0.339 e. The van der Waals surface area contributed by atoms with Crippen LogP contribution in [0.25, 0.3) is 0 Å². The Morgan fingerprint density at radius 2 is 2.00 bits per heavy atom. The van der Waals surface area contributed by atoms with E-state index in [-0.39, 0.29) is 0 Å². The number of hydrogen-bond acceptors (Lipinski definition) is 5. The fourth-order valence-electron chi connectivity index (χ4n) is 1.38. The van der Waals surface area contributed by atoms with Crippen molar-refractivity contribution in [3.63, 3.8) is 0 Å². The summed E-state index contributed by atoms with van der Waals surface area (Å²) in [7, 11) is 1.97. The smallest absolute Gasteiger partial charge is 0.225 e. The SMILES string of the molecule is Cc1ncsc1CN(C)c1ncc(CCl)cn1. The van der Waals surface area contributed by atoms with Crippen LogP contribution in [0.15, 0.2) is 17.9 Å². The van der Waals surface area contributed by atoms with Gasteiger partial charge in [-0.2, -0.15) is 0 Å². The number of hydrogen-bond donors (Lipinski definition) is 0. The van der Waals surface area contributed by atoms with E-state index in [1.807, 2.05) is 24.4 Å². The monoisotopic (exact) mass is 268 g/mol. The van der Waals surface area contributed by atoms with Crippen molar-refractivity contribution in [3.05, 3.63) is 34.0 Å². The van der Waals surface area contributed by atoms with Gasteiger partial charge >= 0.3 is 0 Å². The predicted molar refractivity (Wildman–Crippen MR) is 70.5 cm³/mol. The Kier molecular flexibility index (Phi) is 3.91. The standard InChI is InChI=1S/C11H13ClN4S/c1-8-10(17-7-15-8)6-16(2)11-13-4-9(3-12)5-14-11/h4-5,7H,3,6H2,1-2H3. The molecule has 2 rings (SSSR count). The minimum atomic E-state index is 0.442. The number of nitrogens with zero attached hydrogens (tertiary/aromatic N) is 4. The maximum atomic E-state index is 5.69. The van der Waals surface area contributed by atoms with Gasteiger partial charge in [0, 0.05) is 29.9 Å². The summed E-state index contributed by atoms with van der Waals surface area (Å²) in [6.07, 6.45) is 3.51. The molecule has 0 aliphatic rings. The third-order valence-corrected chi connectivity index (χ3v) is 3.64. The van der Waals surface area contributed by atoms with Gasteiger partial charge in [0.2, 0.25) is 5.95 Å². The van der Waals surface area contributed by atoms with Crippen molar-refractivity contribution in [2.24, 2.45) is 0 Å². The van der Waals surface area contributed by atoms with Crippen LogP contribution in [-0.4, -0.2) is 22.0 Å². The number of halogens is 1. The summed E-state index contributed by atoms with van der Waals surface area (Å²) in [6.45, 7) is 2.79. The van der Waals surface area contributed by atoms with Crippen LogP contribution >= 0.6 is 22.9 Å². The van der Waals surface area contributed by atoms with E-state index in [4.69, 9.17) is 11.6 Å². The van der Waals surface area contributed by atoms with E-state index < -0.39 is 0 Å². The molecule has 90 valence electrons. The minimum absolute atomic E-state index is 0.442. The van der Waals surface area contributed by atoms with Crippen LogP contribution in [0.1, 0.15) is 16.1 Å². The number of alkyl halides is 1. The van der Waals surface area contributed by atoms with Crippen LogP contribution in [0.2, 0.25) is 0 Å². The average molecular weight is 269 g/mol. The van der Waals surface area contributed by atoms with Crippen molar-refractivity contribution >= 4 is 28.9 Å². The van der Waals surface area contributed by atoms with Gasteiger partial charge in [-0.05, 0) is 6.92 Å². The molecule has 0 N–H and O–H groups in total. The van der Waals surface area contributed by atoms with Gasteiger partial charge in [-0.15, -0.1) is 22.9 Å². The highest BCUT2D eigenvalue weighted by atomic mass is 35.5. The van der Waals surface area contributed by atoms with Crippen molar-refractivity contribution in [1.82, 2.24) is 15.0 Å². The van der Waals surface area contributed by atoms with E-state index in [2.05, 4.69) is 15.0 Å². The summed E-state index contributed by atoms with van der Waals surface area (Å²) >= 11 is 7.35. The molecule has 0 bridgehead atoms. The van der Waals surface area contributed by atoms with Crippen LogP contribution in [0.3, 0.4) is 0 Å². The van der Waals surface area contributed by atoms with Gasteiger partial charge in [-0.1, -0.05) is 0 Å². The fraction of sp³-hybridized carbons (Fsp3) is 0.364. The lowest BCUT2D eigenvalue weighted by Crippen LogP contribution is -2.18. The Morgan fingerprint density at radius 3 is 2.53 bits per heavy atom. The summed E-state index contributed by atoms with van der Waals surface area (Å²) in [5.74, 6) is 1.14. The zero-order chi connectivity index (χ0) is 12.3. The van der Waals surface area contributed by atoms with Crippen molar-refractivity contribution in [2.75, 3.05) is 11.9 Å². The molecule has 2 aromatic heterocycles. The molecule has 0 saturated heterocycles. The van der Waals surface area contributed by atoms with Crippen LogP contribution in [-0.2, 0) is 12.4 Å². The molecule has 6 heteroatoms. The third kappa shape index (κ3) is 2.92. The van der Waals surface area contributed by atoms with E-state index in [9.17, 15) is 0 Å². The summed E-state index contributed by atoms with van der Waals surface area (Å²) in [5.41, 5.74) is 3.85. The van der Waals surface area contributed by atoms with Gasteiger partial charge in [0.1, 0.15) is 0 Å². The van der Waals surface area contributed by atoms with E-state index in [0.717, 1.165) is 17.8 Å².